The molecule has 2 unspecified atom stereocenters. The maximum Gasteiger partial charge on any atom is 0.0943 e. The van der Waals surface area contributed by atoms with E-state index in [2.05, 4.69) is 43.4 Å². The first-order valence-electron chi connectivity index (χ1n) is 7.16. The van der Waals surface area contributed by atoms with E-state index in [9.17, 15) is 5.11 Å². The van der Waals surface area contributed by atoms with Crippen molar-refractivity contribution in [3.63, 3.8) is 0 Å². The molecule has 2 aromatic rings. The molecule has 2 nitrogen and oxygen atoms in total. The van der Waals surface area contributed by atoms with Gasteiger partial charge in [0.1, 0.15) is 0 Å². The first-order valence-corrected chi connectivity index (χ1v) is 7.16. The van der Waals surface area contributed by atoms with Gasteiger partial charge in [0.25, 0.3) is 0 Å². The molecule has 0 amide bonds. The first-order chi connectivity index (χ1) is 9.26. The summed E-state index contributed by atoms with van der Waals surface area (Å²) in [5, 5.41) is 16.3. The number of fused-ring (bicyclic) bond motifs is 1. The molecule has 0 spiro atoms. The quantitative estimate of drug-likeness (QED) is 0.828. The van der Waals surface area contributed by atoms with Gasteiger partial charge in [0.2, 0.25) is 0 Å². The first kappa shape index (κ1) is 14.0. The van der Waals surface area contributed by atoms with Gasteiger partial charge in [-0.3, -0.25) is 0 Å². The lowest BCUT2D eigenvalue weighted by atomic mass is 9.97. The molecule has 0 saturated heterocycles. The lowest BCUT2D eigenvalue weighted by Crippen LogP contribution is -2.34. The van der Waals surface area contributed by atoms with E-state index in [0.717, 1.165) is 24.9 Å². The Kier molecular flexibility index (Phi) is 4.94. The van der Waals surface area contributed by atoms with E-state index in [4.69, 9.17) is 0 Å². The van der Waals surface area contributed by atoms with E-state index < -0.39 is 6.10 Å². The molecule has 102 valence electrons. The van der Waals surface area contributed by atoms with Gasteiger partial charge in [-0.2, -0.15) is 0 Å². The summed E-state index contributed by atoms with van der Waals surface area (Å²) in [5.41, 5.74) is 0.995. The van der Waals surface area contributed by atoms with Gasteiger partial charge in [-0.15, -0.1) is 0 Å². The minimum atomic E-state index is -0.443. The SMILES string of the molecule is CCCNC(CC)C(O)c1ccc2ccccc2c1. The van der Waals surface area contributed by atoms with Crippen molar-refractivity contribution in [2.24, 2.45) is 0 Å². The molecule has 2 atom stereocenters. The van der Waals surface area contributed by atoms with Crippen LogP contribution in [0.2, 0.25) is 0 Å². The van der Waals surface area contributed by atoms with Crippen LogP contribution in [0.1, 0.15) is 38.4 Å². The Morgan fingerprint density at radius 3 is 2.47 bits per heavy atom. The molecule has 2 aromatic carbocycles. The number of rotatable bonds is 6. The highest BCUT2D eigenvalue weighted by atomic mass is 16.3. The molecule has 0 bridgehead atoms. The summed E-state index contributed by atoms with van der Waals surface area (Å²) in [6, 6.07) is 14.6. The van der Waals surface area contributed by atoms with Crippen LogP contribution in [-0.4, -0.2) is 17.7 Å². The Hall–Kier alpha value is -1.38. The third-order valence-corrected chi connectivity index (χ3v) is 3.59. The van der Waals surface area contributed by atoms with Crippen molar-refractivity contribution >= 4 is 10.8 Å². The summed E-state index contributed by atoms with van der Waals surface area (Å²) in [7, 11) is 0. The highest BCUT2D eigenvalue weighted by Gasteiger charge is 2.18. The molecule has 0 aliphatic carbocycles. The van der Waals surface area contributed by atoms with Crippen molar-refractivity contribution in [2.75, 3.05) is 6.54 Å². The van der Waals surface area contributed by atoms with Gasteiger partial charge in [0, 0.05) is 6.04 Å². The van der Waals surface area contributed by atoms with Gasteiger partial charge in [-0.25, -0.2) is 0 Å². The smallest absolute Gasteiger partial charge is 0.0943 e. The van der Waals surface area contributed by atoms with E-state index in [1.54, 1.807) is 0 Å². The van der Waals surface area contributed by atoms with E-state index in [0.29, 0.717) is 0 Å². The molecule has 0 fully saturated rings. The summed E-state index contributed by atoms with van der Waals surface area (Å²) in [6.07, 6.45) is 1.57. The van der Waals surface area contributed by atoms with Crippen LogP contribution in [0.5, 0.6) is 0 Å². The van der Waals surface area contributed by atoms with Crippen LogP contribution in [0.15, 0.2) is 42.5 Å². The predicted octanol–water partition coefficient (Wildman–Crippen LogP) is 3.65. The fourth-order valence-corrected chi connectivity index (χ4v) is 2.43. The summed E-state index contributed by atoms with van der Waals surface area (Å²) in [6.45, 7) is 5.20. The largest absolute Gasteiger partial charge is 0.387 e. The third-order valence-electron chi connectivity index (χ3n) is 3.59. The second-order valence-corrected chi connectivity index (χ2v) is 5.02. The molecule has 0 aliphatic rings. The van der Waals surface area contributed by atoms with Crippen molar-refractivity contribution in [1.29, 1.82) is 0 Å². The van der Waals surface area contributed by atoms with E-state index in [-0.39, 0.29) is 6.04 Å². The van der Waals surface area contributed by atoms with Crippen molar-refractivity contribution in [1.82, 2.24) is 5.32 Å². The minimum Gasteiger partial charge on any atom is -0.387 e. The molecule has 2 rings (SSSR count). The number of aliphatic hydroxyl groups is 1. The Morgan fingerprint density at radius 1 is 1.05 bits per heavy atom. The fourth-order valence-electron chi connectivity index (χ4n) is 2.43. The number of hydrogen-bond acceptors (Lipinski definition) is 2. The van der Waals surface area contributed by atoms with Crippen LogP contribution in [0.3, 0.4) is 0 Å². The summed E-state index contributed by atoms with van der Waals surface area (Å²) in [5.74, 6) is 0. The lowest BCUT2D eigenvalue weighted by Gasteiger charge is -2.23. The fraction of sp³-hybridized carbons (Fsp3) is 0.412. The molecular formula is C17H23NO. The van der Waals surface area contributed by atoms with Gasteiger partial charge < -0.3 is 10.4 Å². The molecule has 2 heteroatoms. The van der Waals surface area contributed by atoms with Gasteiger partial charge in [0.05, 0.1) is 6.10 Å². The van der Waals surface area contributed by atoms with Crippen molar-refractivity contribution in [3.05, 3.63) is 48.0 Å². The Balaban J connectivity index is 2.21. The van der Waals surface area contributed by atoms with E-state index >= 15 is 0 Å². The third kappa shape index (κ3) is 3.34. The van der Waals surface area contributed by atoms with Crippen molar-refractivity contribution in [2.45, 2.75) is 38.8 Å². The van der Waals surface area contributed by atoms with Crippen LogP contribution in [-0.2, 0) is 0 Å². The van der Waals surface area contributed by atoms with Crippen LogP contribution in [0.25, 0.3) is 10.8 Å². The van der Waals surface area contributed by atoms with Gasteiger partial charge in [-0.05, 0) is 41.8 Å². The molecule has 0 aromatic heterocycles. The van der Waals surface area contributed by atoms with E-state index in [1.807, 2.05) is 18.2 Å². The number of aliphatic hydroxyl groups excluding tert-OH is 1. The van der Waals surface area contributed by atoms with Crippen LogP contribution < -0.4 is 5.32 Å². The van der Waals surface area contributed by atoms with Crippen molar-refractivity contribution in [3.8, 4) is 0 Å². The zero-order valence-electron chi connectivity index (χ0n) is 11.8. The highest BCUT2D eigenvalue weighted by molar-refractivity contribution is 5.83. The van der Waals surface area contributed by atoms with Crippen LogP contribution >= 0.6 is 0 Å². The normalized spacial score (nSPS) is 14.5. The number of hydrogen-bond donors (Lipinski definition) is 2. The lowest BCUT2D eigenvalue weighted by molar-refractivity contribution is 0.126. The van der Waals surface area contributed by atoms with Gasteiger partial charge in [-0.1, -0.05) is 50.2 Å². The minimum absolute atomic E-state index is 0.126. The average molecular weight is 257 g/mol. The Bertz CT molecular complexity index is 523. The summed E-state index contributed by atoms with van der Waals surface area (Å²) in [4.78, 5) is 0. The molecule has 0 saturated carbocycles. The highest BCUT2D eigenvalue weighted by Crippen LogP contribution is 2.23. The molecule has 2 N–H and O–H groups in total. The van der Waals surface area contributed by atoms with Gasteiger partial charge in [0.15, 0.2) is 0 Å². The van der Waals surface area contributed by atoms with Crippen LogP contribution in [0.4, 0.5) is 0 Å². The van der Waals surface area contributed by atoms with Crippen molar-refractivity contribution < 1.29 is 5.11 Å². The summed E-state index contributed by atoms with van der Waals surface area (Å²) >= 11 is 0. The average Bonchev–Trinajstić information content (AvgIpc) is 2.47. The zero-order valence-corrected chi connectivity index (χ0v) is 11.8. The zero-order chi connectivity index (χ0) is 13.7. The number of nitrogens with one attached hydrogen (secondary N) is 1. The topological polar surface area (TPSA) is 32.3 Å². The molecule has 19 heavy (non-hydrogen) atoms. The molecular weight excluding hydrogens is 234 g/mol. The monoisotopic (exact) mass is 257 g/mol. The van der Waals surface area contributed by atoms with Crippen LogP contribution in [0, 0.1) is 0 Å². The maximum absolute atomic E-state index is 10.5. The standard InChI is InChI=1S/C17H23NO/c1-3-11-18-16(4-2)17(19)15-10-9-13-7-5-6-8-14(13)12-15/h5-10,12,16-19H,3-4,11H2,1-2H3. The Morgan fingerprint density at radius 2 is 1.79 bits per heavy atom. The molecule has 0 heterocycles. The van der Waals surface area contributed by atoms with Gasteiger partial charge >= 0.3 is 0 Å². The molecule has 0 aliphatic heterocycles. The second-order valence-electron chi connectivity index (χ2n) is 5.02. The van der Waals surface area contributed by atoms with E-state index in [1.165, 1.54) is 10.8 Å². The maximum atomic E-state index is 10.5. The predicted molar refractivity (Wildman–Crippen MR) is 81.3 cm³/mol. The second kappa shape index (κ2) is 6.69. The number of benzene rings is 2. The molecule has 0 radical (unpaired) electrons. The summed E-state index contributed by atoms with van der Waals surface area (Å²) < 4.78 is 0. The Labute approximate surface area is 115 Å².